The van der Waals surface area contributed by atoms with Crippen LogP contribution in [0.2, 0.25) is 0 Å². The fraction of sp³-hybridized carbons (Fsp3) is 0.273. The highest BCUT2D eigenvalue weighted by Crippen LogP contribution is 2.23. The van der Waals surface area contributed by atoms with Crippen LogP contribution in [0.1, 0.15) is 18.6 Å². The number of ether oxygens (including phenoxy) is 1. The highest BCUT2D eigenvalue weighted by Gasteiger charge is 2.18. The number of hydroxylamine groups is 1. The Morgan fingerprint density at radius 3 is 2.86 bits per heavy atom. The van der Waals surface area contributed by atoms with Crippen molar-refractivity contribution in [2.24, 2.45) is 0 Å². The van der Waals surface area contributed by atoms with Crippen LogP contribution in [0.3, 0.4) is 0 Å². The van der Waals surface area contributed by atoms with Gasteiger partial charge in [0, 0.05) is 6.08 Å². The lowest BCUT2D eigenvalue weighted by atomic mass is 10.1. The summed E-state index contributed by atoms with van der Waals surface area (Å²) in [5.74, 6) is 0.696. The monoisotopic (exact) mass is 191 g/mol. The maximum Gasteiger partial charge on any atom is 0.209 e. The average molecular weight is 191 g/mol. The maximum atomic E-state index is 5.34. The molecule has 14 heavy (non-hydrogen) atoms. The van der Waals surface area contributed by atoms with Crippen LogP contribution in [-0.4, -0.2) is 6.61 Å². The van der Waals surface area contributed by atoms with E-state index in [4.69, 9.17) is 9.57 Å². The third-order valence-electron chi connectivity index (χ3n) is 2.02. The van der Waals surface area contributed by atoms with E-state index < -0.39 is 0 Å². The van der Waals surface area contributed by atoms with E-state index >= 15 is 0 Å². The van der Waals surface area contributed by atoms with Gasteiger partial charge >= 0.3 is 0 Å². The zero-order chi connectivity index (χ0) is 9.80. The van der Waals surface area contributed by atoms with E-state index in [1.165, 1.54) is 0 Å². The predicted molar refractivity (Wildman–Crippen MR) is 53.1 cm³/mol. The molecule has 1 heterocycles. The molecule has 1 aliphatic rings. The van der Waals surface area contributed by atoms with Crippen LogP contribution in [0, 0.1) is 0 Å². The van der Waals surface area contributed by atoms with Gasteiger partial charge in [0.15, 0.2) is 0 Å². The molecule has 1 atom stereocenters. The van der Waals surface area contributed by atoms with Gasteiger partial charge < -0.3 is 4.74 Å². The number of hydrogen-bond donors (Lipinski definition) is 1. The van der Waals surface area contributed by atoms with Crippen molar-refractivity contribution in [2.75, 3.05) is 6.61 Å². The number of rotatable bonds is 3. The third kappa shape index (κ3) is 1.88. The largest absolute Gasteiger partial charge is 0.478 e. The van der Waals surface area contributed by atoms with Crippen molar-refractivity contribution in [1.82, 2.24) is 5.48 Å². The van der Waals surface area contributed by atoms with Gasteiger partial charge in [0.2, 0.25) is 5.88 Å². The molecule has 0 saturated carbocycles. The lowest BCUT2D eigenvalue weighted by Gasteiger charge is -2.06. The summed E-state index contributed by atoms with van der Waals surface area (Å²) in [5.41, 5.74) is 3.87. The Balaban J connectivity index is 2.08. The van der Waals surface area contributed by atoms with Crippen molar-refractivity contribution < 1.29 is 9.57 Å². The second-order valence-corrected chi connectivity index (χ2v) is 3.02. The van der Waals surface area contributed by atoms with Gasteiger partial charge in [0.1, 0.15) is 6.10 Å². The summed E-state index contributed by atoms with van der Waals surface area (Å²) < 4.78 is 5.28. The Morgan fingerprint density at radius 1 is 1.36 bits per heavy atom. The topological polar surface area (TPSA) is 30.5 Å². The molecule has 0 radical (unpaired) electrons. The molecule has 0 fully saturated rings. The molecule has 74 valence electrons. The molecule has 2 rings (SSSR count). The van der Waals surface area contributed by atoms with Gasteiger partial charge in [0.25, 0.3) is 0 Å². The van der Waals surface area contributed by atoms with Crippen molar-refractivity contribution in [3.63, 3.8) is 0 Å². The fourth-order valence-corrected chi connectivity index (χ4v) is 1.37. The highest BCUT2D eigenvalue weighted by atomic mass is 16.7. The van der Waals surface area contributed by atoms with Crippen molar-refractivity contribution in [3.05, 3.63) is 47.9 Å². The molecule has 0 aliphatic carbocycles. The summed E-state index contributed by atoms with van der Waals surface area (Å²) in [5, 5.41) is 0. The average Bonchev–Trinajstić information content (AvgIpc) is 2.68. The summed E-state index contributed by atoms with van der Waals surface area (Å²) in [4.78, 5) is 5.34. The van der Waals surface area contributed by atoms with Crippen molar-refractivity contribution in [2.45, 2.75) is 13.0 Å². The first kappa shape index (κ1) is 9.09. The summed E-state index contributed by atoms with van der Waals surface area (Å²) >= 11 is 0. The van der Waals surface area contributed by atoms with E-state index in [0.29, 0.717) is 12.5 Å². The standard InChI is InChI=1S/C11H13NO2/c1-2-13-11-8-10(14-12-11)9-6-4-3-5-7-9/h3-8,10,12H,2H2,1H3. The van der Waals surface area contributed by atoms with E-state index in [0.717, 1.165) is 5.56 Å². The van der Waals surface area contributed by atoms with Gasteiger partial charge in [-0.3, -0.25) is 4.84 Å². The molecule has 1 aromatic rings. The first-order chi connectivity index (χ1) is 6.90. The zero-order valence-corrected chi connectivity index (χ0v) is 8.07. The fourth-order valence-electron chi connectivity index (χ4n) is 1.37. The molecule has 1 N–H and O–H groups in total. The molecule has 0 bridgehead atoms. The lowest BCUT2D eigenvalue weighted by Crippen LogP contribution is -2.10. The van der Waals surface area contributed by atoms with Gasteiger partial charge in [-0.2, -0.15) is 0 Å². The Bertz CT molecular complexity index is 321. The minimum absolute atomic E-state index is 0.0438. The minimum Gasteiger partial charge on any atom is -0.478 e. The second kappa shape index (κ2) is 4.15. The number of hydrogen-bond acceptors (Lipinski definition) is 3. The normalized spacial score (nSPS) is 20.1. The second-order valence-electron chi connectivity index (χ2n) is 3.02. The van der Waals surface area contributed by atoms with Crippen molar-refractivity contribution in [3.8, 4) is 0 Å². The molecule has 1 aliphatic heterocycles. The number of nitrogens with one attached hydrogen (secondary N) is 1. The first-order valence-electron chi connectivity index (χ1n) is 4.71. The summed E-state index contributed by atoms with van der Waals surface area (Å²) in [6.45, 7) is 2.59. The van der Waals surface area contributed by atoms with E-state index in [1.807, 2.05) is 43.3 Å². The minimum atomic E-state index is -0.0438. The van der Waals surface area contributed by atoms with Crippen LogP contribution in [0.4, 0.5) is 0 Å². The van der Waals surface area contributed by atoms with Gasteiger partial charge in [-0.15, -0.1) is 0 Å². The summed E-state index contributed by atoms with van der Waals surface area (Å²) in [7, 11) is 0. The van der Waals surface area contributed by atoms with Crippen molar-refractivity contribution >= 4 is 0 Å². The molecule has 3 nitrogen and oxygen atoms in total. The summed E-state index contributed by atoms with van der Waals surface area (Å²) in [6.07, 6.45) is 1.89. The summed E-state index contributed by atoms with van der Waals surface area (Å²) in [6, 6.07) is 10.0. The molecule has 3 heteroatoms. The molecule has 0 spiro atoms. The Labute approximate surface area is 83.3 Å². The molecule has 1 aromatic carbocycles. The smallest absolute Gasteiger partial charge is 0.209 e. The van der Waals surface area contributed by atoms with Gasteiger partial charge in [0.05, 0.1) is 6.61 Å². The van der Waals surface area contributed by atoms with Crippen LogP contribution in [0.15, 0.2) is 42.3 Å². The molecule has 0 aromatic heterocycles. The lowest BCUT2D eigenvalue weighted by molar-refractivity contribution is 0.0137. The zero-order valence-electron chi connectivity index (χ0n) is 8.07. The van der Waals surface area contributed by atoms with E-state index in [-0.39, 0.29) is 6.10 Å². The molecule has 0 saturated heterocycles. The van der Waals surface area contributed by atoms with Gasteiger partial charge in [-0.1, -0.05) is 30.3 Å². The van der Waals surface area contributed by atoms with Crippen molar-refractivity contribution in [1.29, 1.82) is 0 Å². The van der Waals surface area contributed by atoms with Crippen LogP contribution >= 0.6 is 0 Å². The van der Waals surface area contributed by atoms with E-state index in [2.05, 4.69) is 5.48 Å². The van der Waals surface area contributed by atoms with E-state index in [9.17, 15) is 0 Å². The van der Waals surface area contributed by atoms with E-state index in [1.54, 1.807) is 0 Å². The van der Waals surface area contributed by atoms with Crippen LogP contribution in [-0.2, 0) is 9.57 Å². The van der Waals surface area contributed by atoms with Crippen LogP contribution in [0.25, 0.3) is 0 Å². The predicted octanol–water partition coefficient (Wildman–Crippen LogP) is 2.14. The molecule has 1 unspecified atom stereocenters. The highest BCUT2D eigenvalue weighted by molar-refractivity contribution is 5.23. The SMILES string of the molecule is CCOC1=CC(c2ccccc2)ON1. The quantitative estimate of drug-likeness (QED) is 0.794. The Hall–Kier alpha value is -1.48. The Kier molecular flexibility index (Phi) is 2.70. The molecular weight excluding hydrogens is 178 g/mol. The first-order valence-corrected chi connectivity index (χ1v) is 4.71. The van der Waals surface area contributed by atoms with Gasteiger partial charge in [-0.25, -0.2) is 5.48 Å². The third-order valence-corrected chi connectivity index (χ3v) is 2.02. The van der Waals surface area contributed by atoms with Gasteiger partial charge in [-0.05, 0) is 12.5 Å². The number of benzene rings is 1. The molecular formula is C11H13NO2. The van der Waals surface area contributed by atoms with Crippen LogP contribution in [0.5, 0.6) is 0 Å². The van der Waals surface area contributed by atoms with Crippen LogP contribution < -0.4 is 5.48 Å². The Morgan fingerprint density at radius 2 is 2.14 bits per heavy atom. The molecule has 0 amide bonds. The maximum absolute atomic E-state index is 5.34.